The van der Waals surface area contributed by atoms with Crippen LogP contribution in [-0.4, -0.2) is 10.5 Å². The third-order valence-electron chi connectivity index (χ3n) is 1.30. The van der Waals surface area contributed by atoms with Gasteiger partial charge in [-0.25, -0.2) is 0 Å². The minimum atomic E-state index is -0.449. The average Bonchev–Trinajstić information content (AvgIpc) is 1.67. The maximum Gasteiger partial charge on any atom is 0.0926 e. The van der Waals surface area contributed by atoms with Gasteiger partial charge in [-0.2, -0.15) is 0 Å². The molecule has 0 aromatic heterocycles. The Bertz CT molecular complexity index is 98.6. The Balaban J connectivity index is 3.91. The van der Waals surface area contributed by atoms with Gasteiger partial charge in [-0.1, -0.05) is 19.1 Å². The number of hydrogen-bond donors (Lipinski definition) is 2. The summed E-state index contributed by atoms with van der Waals surface area (Å²) in [5.41, 5.74) is 10.4. The van der Waals surface area contributed by atoms with Crippen LogP contribution in [0.15, 0.2) is 0 Å². The van der Waals surface area contributed by atoms with Crippen molar-refractivity contribution in [2.75, 3.05) is 0 Å². The fourth-order valence-electron chi connectivity index (χ4n) is 0.174. The molecule has 2 nitrogen and oxygen atoms in total. The molecule has 3 heteroatoms. The summed E-state index contributed by atoms with van der Waals surface area (Å²) in [6.45, 7) is 3.79. The van der Waals surface area contributed by atoms with E-state index in [-0.39, 0.29) is 0 Å². The second kappa shape index (κ2) is 2.42. The van der Waals surface area contributed by atoms with Crippen LogP contribution >= 0.6 is 12.2 Å². The van der Waals surface area contributed by atoms with Gasteiger partial charge in [-0.3, -0.25) is 0 Å². The SMILES string of the molecule is CCC(C)(N)C(N)=S. The van der Waals surface area contributed by atoms with Crippen molar-refractivity contribution in [1.29, 1.82) is 0 Å². The summed E-state index contributed by atoms with van der Waals surface area (Å²) in [5.74, 6) is 0. The highest BCUT2D eigenvalue weighted by Crippen LogP contribution is 2.03. The lowest BCUT2D eigenvalue weighted by Crippen LogP contribution is -2.47. The van der Waals surface area contributed by atoms with Crippen LogP contribution in [0.5, 0.6) is 0 Å². The highest BCUT2D eigenvalue weighted by Gasteiger charge is 2.17. The molecule has 48 valence electrons. The maximum absolute atomic E-state index is 5.59. The van der Waals surface area contributed by atoms with E-state index in [1.807, 2.05) is 13.8 Å². The highest BCUT2D eigenvalue weighted by atomic mass is 32.1. The minimum Gasteiger partial charge on any atom is -0.392 e. The van der Waals surface area contributed by atoms with Gasteiger partial charge >= 0.3 is 0 Å². The summed E-state index contributed by atoms with van der Waals surface area (Å²) in [7, 11) is 0. The molecule has 0 aliphatic rings. The molecule has 0 aromatic rings. The van der Waals surface area contributed by atoms with Gasteiger partial charge in [0, 0.05) is 0 Å². The molecule has 0 heterocycles. The molecule has 0 fully saturated rings. The van der Waals surface area contributed by atoms with Gasteiger partial charge in [0.1, 0.15) is 0 Å². The molecular formula is C5H12N2S. The normalized spacial score (nSPS) is 17.4. The monoisotopic (exact) mass is 132 g/mol. The first-order valence-electron chi connectivity index (χ1n) is 2.59. The Labute approximate surface area is 55.2 Å². The quantitative estimate of drug-likeness (QED) is 0.535. The van der Waals surface area contributed by atoms with Crippen molar-refractivity contribution < 1.29 is 0 Å². The third-order valence-corrected chi connectivity index (χ3v) is 1.76. The first kappa shape index (κ1) is 7.85. The predicted octanol–water partition coefficient (Wildman–Crippen LogP) is 0.400. The maximum atomic E-state index is 5.59. The van der Waals surface area contributed by atoms with E-state index in [0.717, 1.165) is 6.42 Å². The molecule has 0 aromatic carbocycles. The van der Waals surface area contributed by atoms with Crippen LogP contribution in [0.2, 0.25) is 0 Å². The predicted molar refractivity (Wildman–Crippen MR) is 39.7 cm³/mol. The van der Waals surface area contributed by atoms with Crippen molar-refractivity contribution in [2.24, 2.45) is 11.5 Å². The molecule has 0 saturated heterocycles. The Morgan fingerprint density at radius 1 is 1.75 bits per heavy atom. The lowest BCUT2D eigenvalue weighted by molar-refractivity contribution is 0.605. The molecule has 0 radical (unpaired) electrons. The van der Waals surface area contributed by atoms with Crippen LogP contribution in [0.25, 0.3) is 0 Å². The summed E-state index contributed by atoms with van der Waals surface area (Å²) >= 11 is 4.68. The summed E-state index contributed by atoms with van der Waals surface area (Å²) in [6, 6.07) is 0. The minimum absolute atomic E-state index is 0.389. The fourth-order valence-corrected chi connectivity index (χ4v) is 0.319. The first-order valence-corrected chi connectivity index (χ1v) is 3.00. The molecule has 0 bridgehead atoms. The number of hydrogen-bond acceptors (Lipinski definition) is 2. The van der Waals surface area contributed by atoms with Gasteiger partial charge in [0.15, 0.2) is 0 Å². The topological polar surface area (TPSA) is 52.0 Å². The van der Waals surface area contributed by atoms with E-state index in [2.05, 4.69) is 12.2 Å². The van der Waals surface area contributed by atoms with Crippen LogP contribution in [0, 0.1) is 0 Å². The third kappa shape index (κ3) is 1.76. The summed E-state index contributed by atoms with van der Waals surface area (Å²) in [5, 5.41) is 0. The van der Waals surface area contributed by atoms with Gasteiger partial charge in [0.25, 0.3) is 0 Å². The standard InChI is InChI=1S/C5H12N2S/c1-3-5(2,7)4(6)8/h3,7H2,1-2H3,(H2,6,8). The average molecular weight is 132 g/mol. The molecule has 0 aliphatic carbocycles. The van der Waals surface area contributed by atoms with Crippen LogP contribution in [0.3, 0.4) is 0 Å². The largest absolute Gasteiger partial charge is 0.392 e. The lowest BCUT2D eigenvalue weighted by atomic mass is 10.0. The summed E-state index contributed by atoms with van der Waals surface area (Å²) < 4.78 is 0. The Morgan fingerprint density at radius 3 is 2.12 bits per heavy atom. The van der Waals surface area contributed by atoms with Crippen LogP contribution < -0.4 is 11.5 Å². The Morgan fingerprint density at radius 2 is 2.12 bits per heavy atom. The van der Waals surface area contributed by atoms with E-state index >= 15 is 0 Å². The van der Waals surface area contributed by atoms with Gasteiger partial charge in [-0.15, -0.1) is 0 Å². The van der Waals surface area contributed by atoms with E-state index in [1.165, 1.54) is 0 Å². The first-order chi connectivity index (χ1) is 3.50. The zero-order valence-electron chi connectivity index (χ0n) is 5.27. The van der Waals surface area contributed by atoms with Gasteiger partial charge in [-0.05, 0) is 13.3 Å². The van der Waals surface area contributed by atoms with Crippen LogP contribution in [0.4, 0.5) is 0 Å². The van der Waals surface area contributed by atoms with Crippen molar-refractivity contribution in [2.45, 2.75) is 25.8 Å². The molecule has 0 rings (SSSR count). The second-order valence-corrected chi connectivity index (χ2v) is 2.58. The Hall–Kier alpha value is -0.150. The van der Waals surface area contributed by atoms with Crippen molar-refractivity contribution in [1.82, 2.24) is 0 Å². The van der Waals surface area contributed by atoms with E-state index in [0.29, 0.717) is 4.99 Å². The van der Waals surface area contributed by atoms with Crippen molar-refractivity contribution in [3.8, 4) is 0 Å². The zero-order chi connectivity index (χ0) is 6.78. The van der Waals surface area contributed by atoms with Gasteiger partial charge in [0.2, 0.25) is 0 Å². The smallest absolute Gasteiger partial charge is 0.0926 e. The molecule has 8 heavy (non-hydrogen) atoms. The molecule has 4 N–H and O–H groups in total. The number of nitrogens with two attached hydrogens (primary N) is 2. The molecular weight excluding hydrogens is 120 g/mol. The molecule has 1 atom stereocenters. The molecule has 0 amide bonds. The number of rotatable bonds is 2. The van der Waals surface area contributed by atoms with Gasteiger partial charge < -0.3 is 11.5 Å². The van der Waals surface area contributed by atoms with Gasteiger partial charge in [0.05, 0.1) is 10.5 Å². The van der Waals surface area contributed by atoms with E-state index in [9.17, 15) is 0 Å². The van der Waals surface area contributed by atoms with E-state index in [4.69, 9.17) is 11.5 Å². The van der Waals surface area contributed by atoms with E-state index in [1.54, 1.807) is 0 Å². The molecule has 1 unspecified atom stereocenters. The lowest BCUT2D eigenvalue weighted by Gasteiger charge is -2.19. The summed E-state index contributed by atoms with van der Waals surface area (Å²) in [6.07, 6.45) is 0.794. The van der Waals surface area contributed by atoms with Crippen molar-refractivity contribution in [3.63, 3.8) is 0 Å². The molecule has 0 spiro atoms. The Kier molecular flexibility index (Phi) is 2.37. The van der Waals surface area contributed by atoms with Crippen LogP contribution in [-0.2, 0) is 0 Å². The van der Waals surface area contributed by atoms with Crippen LogP contribution in [0.1, 0.15) is 20.3 Å². The second-order valence-electron chi connectivity index (χ2n) is 2.14. The molecule has 0 saturated carbocycles. The molecule has 0 aliphatic heterocycles. The highest BCUT2D eigenvalue weighted by molar-refractivity contribution is 7.80. The van der Waals surface area contributed by atoms with Crippen molar-refractivity contribution >= 4 is 17.2 Å². The summed E-state index contributed by atoms with van der Waals surface area (Å²) in [4.78, 5) is 0.389. The zero-order valence-corrected chi connectivity index (χ0v) is 6.09. The number of thiocarbonyl (C=S) groups is 1. The fraction of sp³-hybridized carbons (Fsp3) is 0.800. The van der Waals surface area contributed by atoms with E-state index < -0.39 is 5.54 Å². The van der Waals surface area contributed by atoms with Crippen molar-refractivity contribution in [3.05, 3.63) is 0 Å².